The molecule has 1 atom stereocenters. The van der Waals surface area contributed by atoms with E-state index in [1.54, 1.807) is 12.1 Å². The summed E-state index contributed by atoms with van der Waals surface area (Å²) in [7, 11) is 0. The Hall–Kier alpha value is -3.88. The van der Waals surface area contributed by atoms with Gasteiger partial charge in [-0.05, 0) is 46.5 Å². The number of aromatic nitrogens is 6. The highest BCUT2D eigenvalue weighted by atomic mass is 19.1. The van der Waals surface area contributed by atoms with Crippen LogP contribution in [-0.4, -0.2) is 38.1 Å². The van der Waals surface area contributed by atoms with Crippen molar-refractivity contribution in [2.24, 2.45) is 0 Å². The number of rotatable bonds is 4. The normalized spacial score (nSPS) is 16.4. The van der Waals surface area contributed by atoms with Crippen molar-refractivity contribution >= 4 is 5.91 Å². The second-order valence-electron chi connectivity index (χ2n) is 7.14. The number of carbonyl (C=O) groups excluding carboxylic acids is 1. The van der Waals surface area contributed by atoms with Crippen LogP contribution in [0.25, 0.3) is 34.0 Å². The van der Waals surface area contributed by atoms with Gasteiger partial charge in [0.05, 0.1) is 0 Å². The van der Waals surface area contributed by atoms with Gasteiger partial charge in [0.1, 0.15) is 5.82 Å². The van der Waals surface area contributed by atoms with Crippen LogP contribution in [0.15, 0.2) is 48.5 Å². The van der Waals surface area contributed by atoms with Gasteiger partial charge in [0, 0.05) is 18.5 Å². The third kappa shape index (κ3) is 3.45. The van der Waals surface area contributed by atoms with Gasteiger partial charge in [-0.3, -0.25) is 4.79 Å². The number of imidazole rings is 1. The summed E-state index contributed by atoms with van der Waals surface area (Å²) >= 11 is 0. The number of H-pyrrole nitrogens is 1. The predicted molar refractivity (Wildman–Crippen MR) is 107 cm³/mol. The average Bonchev–Trinajstić information content (AvgIpc) is 3.45. The minimum Gasteiger partial charge on any atom is -0.439 e. The fourth-order valence-corrected chi connectivity index (χ4v) is 3.66. The van der Waals surface area contributed by atoms with E-state index in [0.29, 0.717) is 30.3 Å². The van der Waals surface area contributed by atoms with Crippen LogP contribution in [0.4, 0.5) is 4.39 Å². The number of amides is 1. The van der Waals surface area contributed by atoms with E-state index in [4.69, 9.17) is 9.97 Å². The zero-order valence-corrected chi connectivity index (χ0v) is 15.8. The largest absolute Gasteiger partial charge is 0.439 e. The van der Waals surface area contributed by atoms with Gasteiger partial charge in [0.2, 0.25) is 11.7 Å². The molecule has 150 valence electrons. The van der Waals surface area contributed by atoms with E-state index in [1.807, 2.05) is 24.3 Å². The third-order valence-electron chi connectivity index (χ3n) is 5.18. The number of halogens is 1. The molecule has 1 unspecified atom stereocenters. The molecule has 0 saturated carbocycles. The number of hydrogen-bond donors (Lipinski definition) is 2. The van der Waals surface area contributed by atoms with Crippen LogP contribution in [0.3, 0.4) is 0 Å². The van der Waals surface area contributed by atoms with Crippen molar-refractivity contribution in [3.63, 3.8) is 0 Å². The lowest BCUT2D eigenvalue weighted by atomic mass is 9.91. The molecule has 1 fully saturated rings. The van der Waals surface area contributed by atoms with E-state index in [2.05, 4.69) is 25.9 Å². The van der Waals surface area contributed by atoms with Crippen molar-refractivity contribution in [2.75, 3.05) is 6.54 Å². The first-order valence-electron chi connectivity index (χ1n) is 9.59. The molecule has 8 nitrogen and oxygen atoms in total. The Bertz CT molecular complexity index is 1170. The summed E-state index contributed by atoms with van der Waals surface area (Å²) in [5.74, 6) is 0.735. The number of aromatic amines is 1. The van der Waals surface area contributed by atoms with E-state index in [1.165, 1.54) is 12.1 Å². The molecule has 2 aromatic carbocycles. The number of nitrogens with zero attached hydrogens (tertiary/aromatic N) is 5. The maximum Gasteiger partial charge on any atom is 0.220 e. The van der Waals surface area contributed by atoms with Crippen molar-refractivity contribution in [1.82, 2.24) is 35.9 Å². The summed E-state index contributed by atoms with van der Waals surface area (Å²) in [6, 6.07) is 13.7. The van der Waals surface area contributed by atoms with Crippen molar-refractivity contribution < 1.29 is 9.18 Å². The Morgan fingerprint density at radius 1 is 1.00 bits per heavy atom. The summed E-state index contributed by atoms with van der Waals surface area (Å²) in [4.78, 5) is 21.5. The molecule has 3 heterocycles. The van der Waals surface area contributed by atoms with E-state index >= 15 is 0 Å². The van der Waals surface area contributed by atoms with Crippen LogP contribution in [-0.2, 0) is 4.79 Å². The number of hydrogen-bond acceptors (Lipinski definition) is 5. The SMILES string of the molecule is O=C1CC(c2nc(-c3ccc(-c4nn[nH]n4)cc3)[n-]c2-c2ccc(F)cc2)CCN1. The molecule has 30 heavy (non-hydrogen) atoms. The molecule has 0 bridgehead atoms. The van der Waals surface area contributed by atoms with Gasteiger partial charge in [-0.15, -0.1) is 10.2 Å². The zero-order valence-electron chi connectivity index (χ0n) is 15.8. The third-order valence-corrected chi connectivity index (χ3v) is 5.18. The molecule has 0 spiro atoms. The first-order valence-corrected chi connectivity index (χ1v) is 9.59. The number of benzene rings is 2. The maximum atomic E-state index is 13.4. The molecule has 1 amide bonds. The summed E-state index contributed by atoms with van der Waals surface area (Å²) in [6.07, 6.45) is 1.15. The lowest BCUT2D eigenvalue weighted by Crippen LogP contribution is -2.32. The van der Waals surface area contributed by atoms with Crippen LogP contribution in [0.1, 0.15) is 24.5 Å². The summed E-state index contributed by atoms with van der Waals surface area (Å²) in [6.45, 7) is 0.605. The first kappa shape index (κ1) is 18.2. The highest BCUT2D eigenvalue weighted by molar-refractivity contribution is 5.78. The van der Waals surface area contributed by atoms with E-state index in [9.17, 15) is 9.18 Å². The number of tetrazole rings is 1. The Kier molecular flexibility index (Phi) is 4.55. The summed E-state index contributed by atoms with van der Waals surface area (Å²) in [5.41, 5.74) is 3.89. The summed E-state index contributed by atoms with van der Waals surface area (Å²) < 4.78 is 13.4. The van der Waals surface area contributed by atoms with Gasteiger partial charge >= 0.3 is 0 Å². The van der Waals surface area contributed by atoms with Crippen molar-refractivity contribution in [3.8, 4) is 34.0 Å². The van der Waals surface area contributed by atoms with Gasteiger partial charge in [-0.1, -0.05) is 47.9 Å². The van der Waals surface area contributed by atoms with Gasteiger partial charge in [-0.25, -0.2) is 4.39 Å². The lowest BCUT2D eigenvalue weighted by Gasteiger charge is -2.25. The topological polar surface area (TPSA) is 111 Å². The maximum absolute atomic E-state index is 13.4. The lowest BCUT2D eigenvalue weighted by molar-refractivity contribution is -0.122. The Labute approximate surface area is 171 Å². The van der Waals surface area contributed by atoms with Crippen LogP contribution in [0.2, 0.25) is 0 Å². The molecular formula is C21H17FN7O-. The van der Waals surface area contributed by atoms with E-state index in [-0.39, 0.29) is 17.6 Å². The molecule has 2 N–H and O–H groups in total. The second-order valence-corrected chi connectivity index (χ2v) is 7.14. The van der Waals surface area contributed by atoms with Gasteiger partial charge in [-0.2, -0.15) is 5.21 Å². The van der Waals surface area contributed by atoms with Crippen LogP contribution in [0.5, 0.6) is 0 Å². The fraction of sp³-hybridized carbons (Fsp3) is 0.190. The second kappa shape index (κ2) is 7.51. The van der Waals surface area contributed by atoms with Gasteiger partial charge < -0.3 is 15.3 Å². The minimum atomic E-state index is -0.311. The Balaban J connectivity index is 1.55. The van der Waals surface area contributed by atoms with Crippen LogP contribution < -0.4 is 10.3 Å². The molecule has 0 aliphatic carbocycles. The smallest absolute Gasteiger partial charge is 0.220 e. The Morgan fingerprint density at radius 3 is 2.43 bits per heavy atom. The number of carbonyl (C=O) groups is 1. The van der Waals surface area contributed by atoms with Crippen LogP contribution in [0, 0.1) is 5.82 Å². The molecule has 4 aromatic rings. The van der Waals surface area contributed by atoms with Gasteiger partial charge in [0.25, 0.3) is 0 Å². The van der Waals surface area contributed by atoms with Crippen LogP contribution >= 0.6 is 0 Å². The predicted octanol–water partition coefficient (Wildman–Crippen LogP) is 2.69. The fourth-order valence-electron chi connectivity index (χ4n) is 3.66. The number of piperidine rings is 1. The molecule has 1 aliphatic rings. The quantitative estimate of drug-likeness (QED) is 0.543. The number of nitrogens with one attached hydrogen (secondary N) is 2. The molecule has 2 aromatic heterocycles. The first-order chi connectivity index (χ1) is 14.7. The minimum absolute atomic E-state index is 0.00493. The van der Waals surface area contributed by atoms with Crippen molar-refractivity contribution in [1.29, 1.82) is 0 Å². The van der Waals surface area contributed by atoms with Crippen molar-refractivity contribution in [2.45, 2.75) is 18.8 Å². The molecule has 0 radical (unpaired) electrons. The summed E-state index contributed by atoms with van der Waals surface area (Å²) in [5, 5.41) is 16.8. The van der Waals surface area contributed by atoms with E-state index in [0.717, 1.165) is 28.8 Å². The molecule has 9 heteroatoms. The molecule has 5 rings (SSSR count). The van der Waals surface area contributed by atoms with E-state index < -0.39 is 0 Å². The molecule has 1 saturated heterocycles. The average molecular weight is 402 g/mol. The Morgan fingerprint density at radius 2 is 1.73 bits per heavy atom. The van der Waals surface area contributed by atoms with Gasteiger partial charge in [0.15, 0.2) is 0 Å². The standard InChI is InChI=1S/C21H18FN7O/c22-16-7-5-12(6-8-16)18-19(15-9-10-23-17(30)11-15)25-20(24-18)13-1-3-14(4-2-13)21-26-28-29-27-21/h1-8,15H,9-11H2,(H3,23,24,25,26,27,28,29,30)/p-1. The van der Waals surface area contributed by atoms with Crippen molar-refractivity contribution in [3.05, 3.63) is 60.0 Å². The highest BCUT2D eigenvalue weighted by Crippen LogP contribution is 2.34. The molecular weight excluding hydrogens is 385 g/mol. The molecule has 1 aliphatic heterocycles. The monoisotopic (exact) mass is 402 g/mol. The zero-order chi connectivity index (χ0) is 20.5. The highest BCUT2D eigenvalue weighted by Gasteiger charge is 2.22.